The van der Waals surface area contributed by atoms with Crippen molar-refractivity contribution in [2.75, 3.05) is 19.6 Å². The van der Waals surface area contributed by atoms with Gasteiger partial charge in [-0.15, -0.1) is 0 Å². The Morgan fingerprint density at radius 2 is 2.05 bits per heavy atom. The molecule has 1 N–H and O–H groups in total. The van der Waals surface area contributed by atoms with Crippen LogP contribution in [0.1, 0.15) is 37.3 Å². The standard InChI is InChI=1S/C17H25N3O/c1-12-6-8-20(9-7-12)11-17(21)14-4-5-16-15(10-14)18-13(2)19(16)3/h4-5,10,12,17,21H,6-9,11H2,1-3H3. The highest BCUT2D eigenvalue weighted by atomic mass is 16.3. The smallest absolute Gasteiger partial charge is 0.106 e. The van der Waals surface area contributed by atoms with E-state index in [4.69, 9.17) is 0 Å². The zero-order valence-corrected chi connectivity index (χ0v) is 13.2. The number of fused-ring (bicyclic) bond motifs is 1. The van der Waals surface area contributed by atoms with Gasteiger partial charge in [-0.25, -0.2) is 4.98 Å². The molecule has 0 bridgehead atoms. The Labute approximate surface area is 126 Å². The number of rotatable bonds is 3. The van der Waals surface area contributed by atoms with Crippen LogP contribution in [-0.4, -0.2) is 39.2 Å². The summed E-state index contributed by atoms with van der Waals surface area (Å²) in [6.45, 7) is 7.24. The van der Waals surface area contributed by atoms with Gasteiger partial charge in [0.1, 0.15) is 5.82 Å². The maximum absolute atomic E-state index is 10.5. The maximum Gasteiger partial charge on any atom is 0.106 e. The van der Waals surface area contributed by atoms with Gasteiger partial charge in [-0.2, -0.15) is 0 Å². The molecule has 1 aliphatic heterocycles. The number of hydrogen-bond acceptors (Lipinski definition) is 3. The maximum atomic E-state index is 10.5. The van der Waals surface area contributed by atoms with Gasteiger partial charge in [0, 0.05) is 13.6 Å². The van der Waals surface area contributed by atoms with E-state index in [-0.39, 0.29) is 0 Å². The Morgan fingerprint density at radius 1 is 1.33 bits per heavy atom. The highest BCUT2D eigenvalue weighted by Gasteiger charge is 2.19. The Bertz CT molecular complexity index is 626. The van der Waals surface area contributed by atoms with Crippen molar-refractivity contribution < 1.29 is 5.11 Å². The number of nitrogens with zero attached hydrogens (tertiary/aromatic N) is 3. The number of aliphatic hydroxyl groups is 1. The fourth-order valence-corrected chi connectivity index (χ4v) is 3.14. The van der Waals surface area contributed by atoms with E-state index >= 15 is 0 Å². The van der Waals surface area contributed by atoms with Gasteiger partial charge in [-0.1, -0.05) is 13.0 Å². The summed E-state index contributed by atoms with van der Waals surface area (Å²) in [4.78, 5) is 6.92. The Hall–Kier alpha value is -1.39. The van der Waals surface area contributed by atoms with Crippen molar-refractivity contribution in [2.24, 2.45) is 13.0 Å². The average Bonchev–Trinajstić information content (AvgIpc) is 2.76. The van der Waals surface area contributed by atoms with E-state index in [1.807, 2.05) is 26.1 Å². The van der Waals surface area contributed by atoms with Crippen LogP contribution >= 0.6 is 0 Å². The molecule has 0 aliphatic carbocycles. The van der Waals surface area contributed by atoms with Crippen LogP contribution in [0.15, 0.2) is 18.2 Å². The van der Waals surface area contributed by atoms with Crippen LogP contribution in [0.3, 0.4) is 0 Å². The van der Waals surface area contributed by atoms with Crippen molar-refractivity contribution in [3.8, 4) is 0 Å². The predicted octanol–water partition coefficient (Wildman–Crippen LogP) is 2.65. The molecule has 3 rings (SSSR count). The number of benzene rings is 1. The van der Waals surface area contributed by atoms with Crippen molar-refractivity contribution in [1.29, 1.82) is 0 Å². The number of hydrogen-bond donors (Lipinski definition) is 1. The summed E-state index contributed by atoms with van der Waals surface area (Å²) >= 11 is 0. The van der Waals surface area contributed by atoms with E-state index in [2.05, 4.69) is 27.4 Å². The summed E-state index contributed by atoms with van der Waals surface area (Å²) in [5, 5.41) is 10.5. The molecule has 1 aromatic carbocycles. The number of likely N-dealkylation sites (tertiary alicyclic amines) is 1. The highest BCUT2D eigenvalue weighted by Crippen LogP contribution is 2.23. The molecule has 0 radical (unpaired) electrons. The predicted molar refractivity (Wildman–Crippen MR) is 85.2 cm³/mol. The molecule has 0 spiro atoms. The molecular weight excluding hydrogens is 262 g/mol. The van der Waals surface area contributed by atoms with Crippen molar-refractivity contribution in [1.82, 2.24) is 14.5 Å². The fraction of sp³-hybridized carbons (Fsp3) is 0.588. The van der Waals surface area contributed by atoms with Gasteiger partial charge in [0.05, 0.1) is 17.1 Å². The average molecular weight is 287 g/mol. The lowest BCUT2D eigenvalue weighted by molar-refractivity contribution is 0.0917. The number of aliphatic hydroxyl groups excluding tert-OH is 1. The minimum absolute atomic E-state index is 0.426. The summed E-state index contributed by atoms with van der Waals surface area (Å²) < 4.78 is 2.08. The summed E-state index contributed by atoms with van der Waals surface area (Å²) in [6, 6.07) is 6.12. The van der Waals surface area contributed by atoms with Gasteiger partial charge in [0.2, 0.25) is 0 Å². The molecule has 114 valence electrons. The molecule has 1 aliphatic rings. The molecule has 1 unspecified atom stereocenters. The molecule has 1 saturated heterocycles. The van der Waals surface area contributed by atoms with E-state index < -0.39 is 6.10 Å². The summed E-state index contributed by atoms with van der Waals surface area (Å²) in [5.74, 6) is 1.83. The third-order valence-corrected chi connectivity index (χ3v) is 4.82. The number of imidazole rings is 1. The lowest BCUT2D eigenvalue weighted by atomic mass is 9.98. The molecule has 4 heteroatoms. The molecule has 0 amide bonds. The SMILES string of the molecule is Cc1nc2cc(C(O)CN3CCC(C)CC3)ccc2n1C. The summed E-state index contributed by atoms with van der Waals surface area (Å²) in [5.41, 5.74) is 3.06. The molecule has 2 aromatic rings. The fourth-order valence-electron chi connectivity index (χ4n) is 3.14. The first-order valence-corrected chi connectivity index (χ1v) is 7.88. The topological polar surface area (TPSA) is 41.3 Å². The van der Waals surface area contributed by atoms with Crippen LogP contribution in [0.4, 0.5) is 0 Å². The zero-order valence-electron chi connectivity index (χ0n) is 13.2. The number of aryl methyl sites for hydroxylation is 2. The molecule has 4 nitrogen and oxygen atoms in total. The first-order chi connectivity index (χ1) is 10.0. The third-order valence-electron chi connectivity index (χ3n) is 4.82. The van der Waals surface area contributed by atoms with Crippen molar-refractivity contribution in [3.63, 3.8) is 0 Å². The molecule has 2 heterocycles. The van der Waals surface area contributed by atoms with Gasteiger partial charge in [0.15, 0.2) is 0 Å². The molecule has 1 aromatic heterocycles. The number of piperidine rings is 1. The number of aromatic nitrogens is 2. The van der Waals surface area contributed by atoms with Gasteiger partial charge in [0.25, 0.3) is 0 Å². The molecule has 1 fully saturated rings. The van der Waals surface area contributed by atoms with Crippen LogP contribution in [-0.2, 0) is 7.05 Å². The normalized spacial score (nSPS) is 19.2. The van der Waals surface area contributed by atoms with Crippen LogP contribution in [0.5, 0.6) is 0 Å². The van der Waals surface area contributed by atoms with Crippen molar-refractivity contribution in [2.45, 2.75) is 32.8 Å². The van der Waals surface area contributed by atoms with E-state index in [1.165, 1.54) is 12.8 Å². The lowest BCUT2D eigenvalue weighted by Gasteiger charge is -2.31. The second-order valence-electron chi connectivity index (χ2n) is 6.47. The number of β-amino-alcohol motifs (C(OH)–C–C–N with tert-alkyl or cyclic N) is 1. The van der Waals surface area contributed by atoms with Crippen LogP contribution in [0.25, 0.3) is 11.0 Å². The first kappa shape index (κ1) is 14.5. The van der Waals surface area contributed by atoms with E-state index in [0.717, 1.165) is 48.0 Å². The van der Waals surface area contributed by atoms with Gasteiger partial charge < -0.3 is 14.6 Å². The monoisotopic (exact) mass is 287 g/mol. The summed E-state index contributed by atoms with van der Waals surface area (Å²) in [7, 11) is 2.02. The third kappa shape index (κ3) is 2.97. The molecule has 1 atom stereocenters. The van der Waals surface area contributed by atoms with Crippen LogP contribution in [0, 0.1) is 12.8 Å². The highest BCUT2D eigenvalue weighted by molar-refractivity contribution is 5.76. The van der Waals surface area contributed by atoms with Gasteiger partial charge >= 0.3 is 0 Å². The molecular formula is C17H25N3O. The largest absolute Gasteiger partial charge is 0.387 e. The molecule has 0 saturated carbocycles. The first-order valence-electron chi connectivity index (χ1n) is 7.88. The quantitative estimate of drug-likeness (QED) is 0.943. The van der Waals surface area contributed by atoms with Crippen LogP contribution in [0.2, 0.25) is 0 Å². The zero-order chi connectivity index (χ0) is 15.0. The Morgan fingerprint density at radius 3 is 2.76 bits per heavy atom. The van der Waals surface area contributed by atoms with Gasteiger partial charge in [-0.3, -0.25) is 0 Å². The van der Waals surface area contributed by atoms with E-state index in [9.17, 15) is 5.11 Å². The lowest BCUT2D eigenvalue weighted by Crippen LogP contribution is -2.35. The minimum atomic E-state index is -0.426. The van der Waals surface area contributed by atoms with E-state index in [1.54, 1.807) is 0 Å². The second-order valence-corrected chi connectivity index (χ2v) is 6.47. The van der Waals surface area contributed by atoms with Crippen molar-refractivity contribution in [3.05, 3.63) is 29.6 Å². The Kier molecular flexibility index (Phi) is 4.00. The van der Waals surface area contributed by atoms with E-state index in [0.29, 0.717) is 0 Å². The Balaban J connectivity index is 1.73. The molecule has 21 heavy (non-hydrogen) atoms. The minimum Gasteiger partial charge on any atom is -0.387 e. The second kappa shape index (κ2) is 5.78. The van der Waals surface area contributed by atoms with Gasteiger partial charge in [-0.05, 0) is 56.5 Å². The summed E-state index contributed by atoms with van der Waals surface area (Å²) in [6.07, 6.45) is 2.06. The van der Waals surface area contributed by atoms with Crippen molar-refractivity contribution >= 4 is 11.0 Å². The van der Waals surface area contributed by atoms with Crippen LogP contribution < -0.4 is 0 Å².